The van der Waals surface area contributed by atoms with Crippen LogP contribution >= 0.6 is 0 Å². The van der Waals surface area contributed by atoms with E-state index in [1.165, 1.54) is 10.5 Å². The molecule has 0 radical (unpaired) electrons. The first-order valence-corrected chi connectivity index (χ1v) is 10.3. The number of benzene rings is 1. The molecule has 1 atom stereocenters. The molecule has 2 aliphatic heterocycles. The molecule has 1 spiro atoms. The minimum Gasteiger partial charge on any atom is -0.444 e. The Bertz CT molecular complexity index is 970. The van der Waals surface area contributed by atoms with Crippen LogP contribution in [0.15, 0.2) is 41.4 Å². The quantitative estimate of drug-likeness (QED) is 0.851. The number of carbonyl (C=O) groups is 1. The fourth-order valence-electron chi connectivity index (χ4n) is 3.87. The Morgan fingerprint density at radius 2 is 2.04 bits per heavy atom. The molecule has 2 saturated heterocycles. The average molecular weight is 391 g/mol. The van der Waals surface area contributed by atoms with Crippen LogP contribution in [-0.2, 0) is 19.5 Å². The fraction of sp³-hybridized carbons (Fsp3) is 0.444. The number of hydrogen-bond acceptors (Lipinski definition) is 6. The summed E-state index contributed by atoms with van der Waals surface area (Å²) in [5, 5.41) is 0.789. The van der Waals surface area contributed by atoms with E-state index in [0.29, 0.717) is 39.0 Å². The molecule has 2 aliphatic rings. The van der Waals surface area contributed by atoms with Gasteiger partial charge in [-0.15, -0.1) is 0 Å². The largest absolute Gasteiger partial charge is 0.444 e. The zero-order chi connectivity index (χ0) is 19.1. The third-order valence-corrected chi connectivity index (χ3v) is 7.16. The Hall–Kier alpha value is -2.23. The van der Waals surface area contributed by atoms with Crippen molar-refractivity contribution < 1.29 is 22.7 Å². The summed E-state index contributed by atoms with van der Waals surface area (Å²) in [7, 11) is -3.62. The van der Waals surface area contributed by atoms with E-state index in [4.69, 9.17) is 15.2 Å². The van der Waals surface area contributed by atoms with Crippen LogP contribution < -0.4 is 5.73 Å². The Morgan fingerprint density at radius 1 is 1.30 bits per heavy atom. The summed E-state index contributed by atoms with van der Waals surface area (Å²) in [6.45, 7) is 0.987. The summed E-state index contributed by atoms with van der Waals surface area (Å²) in [4.78, 5) is 15.4. The molecule has 1 amide bonds. The smallest absolute Gasteiger partial charge is 0.404 e. The lowest BCUT2D eigenvalue weighted by Gasteiger charge is -2.37. The fourth-order valence-corrected chi connectivity index (χ4v) is 5.29. The van der Waals surface area contributed by atoms with Crippen molar-refractivity contribution in [1.82, 2.24) is 9.29 Å². The van der Waals surface area contributed by atoms with Gasteiger partial charge in [0.15, 0.2) is 0 Å². The Balaban J connectivity index is 1.47. The van der Waals surface area contributed by atoms with Crippen LogP contribution in [0.4, 0.5) is 4.79 Å². The molecule has 2 aromatic rings. The minimum absolute atomic E-state index is 0.194. The van der Waals surface area contributed by atoms with E-state index in [1.54, 1.807) is 6.07 Å². The number of carbonyl (C=O) groups excluding carboxylic acids is 1. The number of rotatable bonds is 3. The number of nitrogens with zero attached hydrogens (tertiary/aromatic N) is 2. The van der Waals surface area contributed by atoms with Gasteiger partial charge in [-0.05, 0) is 25.0 Å². The van der Waals surface area contributed by atoms with Crippen molar-refractivity contribution in [3.63, 3.8) is 0 Å². The SMILES string of the molecule is NC(=O)O[C@H]1COC2(CCN(S(=O)(=O)c3cnc4ccccc4c3)CC2)C1. The van der Waals surface area contributed by atoms with Gasteiger partial charge in [-0.1, -0.05) is 18.2 Å². The summed E-state index contributed by atoms with van der Waals surface area (Å²) in [6.07, 6.45) is 1.86. The lowest BCUT2D eigenvalue weighted by Crippen LogP contribution is -2.46. The second-order valence-electron chi connectivity index (χ2n) is 7.02. The number of amides is 1. The van der Waals surface area contributed by atoms with Crippen molar-refractivity contribution in [2.75, 3.05) is 19.7 Å². The van der Waals surface area contributed by atoms with Crippen LogP contribution in [0.3, 0.4) is 0 Å². The average Bonchev–Trinajstić information content (AvgIpc) is 3.03. The van der Waals surface area contributed by atoms with Crippen LogP contribution in [0, 0.1) is 0 Å². The molecule has 1 aromatic carbocycles. The van der Waals surface area contributed by atoms with Gasteiger partial charge >= 0.3 is 6.09 Å². The predicted molar refractivity (Wildman–Crippen MR) is 97.5 cm³/mol. The minimum atomic E-state index is -3.62. The molecule has 2 fully saturated rings. The highest BCUT2D eigenvalue weighted by Crippen LogP contribution is 2.38. The number of fused-ring (bicyclic) bond motifs is 1. The molecular weight excluding hydrogens is 370 g/mol. The number of primary amides is 1. The van der Waals surface area contributed by atoms with Crippen LogP contribution in [0.2, 0.25) is 0 Å². The molecule has 0 aliphatic carbocycles. The first-order valence-electron chi connectivity index (χ1n) is 8.83. The molecule has 2 N–H and O–H groups in total. The molecule has 27 heavy (non-hydrogen) atoms. The van der Waals surface area contributed by atoms with E-state index in [1.807, 2.05) is 24.3 Å². The van der Waals surface area contributed by atoms with Gasteiger partial charge in [0, 0.05) is 31.1 Å². The topological polar surface area (TPSA) is 112 Å². The standard InChI is InChI=1S/C18H21N3O5S/c19-17(22)26-14-10-18(25-12-14)5-7-21(8-6-18)27(23,24)15-9-13-3-1-2-4-16(13)20-11-15/h1-4,9,11,14H,5-8,10,12H2,(H2,19,22)/t14-/m1/s1. The number of para-hydroxylation sites is 1. The maximum atomic E-state index is 13.0. The van der Waals surface area contributed by atoms with Gasteiger partial charge in [-0.25, -0.2) is 13.2 Å². The van der Waals surface area contributed by atoms with Crippen LogP contribution in [0.5, 0.6) is 0 Å². The van der Waals surface area contributed by atoms with Gasteiger partial charge in [0.05, 0.1) is 17.7 Å². The highest BCUT2D eigenvalue weighted by atomic mass is 32.2. The second-order valence-corrected chi connectivity index (χ2v) is 8.96. The zero-order valence-corrected chi connectivity index (χ0v) is 15.5. The number of aromatic nitrogens is 1. The molecule has 4 rings (SSSR count). The zero-order valence-electron chi connectivity index (χ0n) is 14.7. The third-order valence-electron chi connectivity index (χ3n) is 5.29. The molecule has 0 unspecified atom stereocenters. The number of nitrogens with two attached hydrogens (primary N) is 1. The maximum Gasteiger partial charge on any atom is 0.404 e. The van der Waals surface area contributed by atoms with Gasteiger partial charge in [0.1, 0.15) is 11.0 Å². The van der Waals surface area contributed by atoms with Crippen LogP contribution in [0.1, 0.15) is 19.3 Å². The third kappa shape index (κ3) is 3.50. The summed E-state index contributed by atoms with van der Waals surface area (Å²) in [5.74, 6) is 0. The Kier molecular flexibility index (Phi) is 4.53. The molecule has 0 bridgehead atoms. The van der Waals surface area contributed by atoms with Crippen molar-refractivity contribution in [1.29, 1.82) is 0 Å². The van der Waals surface area contributed by atoms with E-state index >= 15 is 0 Å². The van der Waals surface area contributed by atoms with Crippen molar-refractivity contribution >= 4 is 27.0 Å². The van der Waals surface area contributed by atoms with E-state index in [0.717, 1.165) is 10.9 Å². The summed E-state index contributed by atoms with van der Waals surface area (Å²) in [6, 6.07) is 9.07. The van der Waals surface area contributed by atoms with Crippen molar-refractivity contribution in [3.8, 4) is 0 Å². The molecule has 3 heterocycles. The maximum absolute atomic E-state index is 13.0. The van der Waals surface area contributed by atoms with Crippen molar-refractivity contribution in [2.45, 2.75) is 35.9 Å². The van der Waals surface area contributed by atoms with E-state index < -0.39 is 21.7 Å². The first kappa shape index (κ1) is 18.1. The highest BCUT2D eigenvalue weighted by Gasteiger charge is 2.45. The predicted octanol–water partition coefficient (Wildman–Crippen LogP) is 1.64. The number of sulfonamides is 1. The van der Waals surface area contributed by atoms with E-state index in [-0.39, 0.29) is 11.0 Å². The molecule has 1 aromatic heterocycles. The van der Waals surface area contributed by atoms with E-state index in [2.05, 4.69) is 4.98 Å². The molecule has 0 saturated carbocycles. The normalized spacial score (nSPS) is 22.9. The number of pyridine rings is 1. The Morgan fingerprint density at radius 3 is 2.78 bits per heavy atom. The summed E-state index contributed by atoms with van der Waals surface area (Å²) < 4.78 is 38.3. The van der Waals surface area contributed by atoms with Gasteiger partial charge in [0.25, 0.3) is 0 Å². The monoisotopic (exact) mass is 391 g/mol. The lowest BCUT2D eigenvalue weighted by molar-refractivity contribution is -0.0324. The summed E-state index contributed by atoms with van der Waals surface area (Å²) >= 11 is 0. The van der Waals surface area contributed by atoms with Gasteiger partial charge in [-0.2, -0.15) is 4.31 Å². The van der Waals surface area contributed by atoms with Crippen LogP contribution in [-0.4, -0.2) is 55.2 Å². The Labute approximate surface area is 157 Å². The van der Waals surface area contributed by atoms with Gasteiger partial charge < -0.3 is 15.2 Å². The molecule has 144 valence electrons. The lowest BCUT2D eigenvalue weighted by atomic mass is 9.89. The molecule has 9 heteroatoms. The van der Waals surface area contributed by atoms with Crippen LogP contribution in [0.25, 0.3) is 10.9 Å². The number of ether oxygens (including phenoxy) is 2. The second kappa shape index (κ2) is 6.74. The highest BCUT2D eigenvalue weighted by molar-refractivity contribution is 7.89. The summed E-state index contributed by atoms with van der Waals surface area (Å²) in [5.41, 5.74) is 5.37. The number of piperidine rings is 1. The van der Waals surface area contributed by atoms with Gasteiger partial charge in [-0.3, -0.25) is 4.98 Å². The van der Waals surface area contributed by atoms with Crippen molar-refractivity contribution in [3.05, 3.63) is 36.5 Å². The van der Waals surface area contributed by atoms with E-state index in [9.17, 15) is 13.2 Å². The number of hydrogen-bond donors (Lipinski definition) is 1. The van der Waals surface area contributed by atoms with Gasteiger partial charge in [0.2, 0.25) is 10.0 Å². The van der Waals surface area contributed by atoms with Crippen molar-refractivity contribution in [2.24, 2.45) is 5.73 Å². The first-order chi connectivity index (χ1) is 12.9. The molecule has 8 nitrogen and oxygen atoms in total. The molecular formula is C18H21N3O5S.